The zero-order valence-electron chi connectivity index (χ0n) is 13.6. The predicted molar refractivity (Wildman–Crippen MR) is 91.9 cm³/mol. The number of rotatable bonds is 5. The molecule has 24 heavy (non-hydrogen) atoms. The fraction of sp³-hybridized carbons (Fsp3) is 0.267. The van der Waals surface area contributed by atoms with Crippen molar-refractivity contribution < 1.29 is 19.4 Å². The molecule has 0 bridgehead atoms. The summed E-state index contributed by atoms with van der Waals surface area (Å²) in [5.41, 5.74) is 4.05. The summed E-state index contributed by atoms with van der Waals surface area (Å²) in [5.74, 6) is -0.0657. The van der Waals surface area contributed by atoms with E-state index in [1.807, 2.05) is 6.92 Å². The number of nitrogens with one attached hydrogen (secondary N) is 1. The zero-order chi connectivity index (χ0) is 17.9. The van der Waals surface area contributed by atoms with Crippen LogP contribution in [0.15, 0.2) is 21.7 Å². The molecule has 0 radical (unpaired) electrons. The Kier molecular flexibility index (Phi) is 5.45. The van der Waals surface area contributed by atoms with Crippen molar-refractivity contribution in [2.24, 2.45) is 12.1 Å². The number of phenolic OH excluding ortho intramolecular Hbond substituents is 1. The van der Waals surface area contributed by atoms with Crippen molar-refractivity contribution in [3.8, 4) is 17.2 Å². The number of carbonyl (C=O) groups excluding carboxylic acids is 1. The zero-order valence-corrected chi connectivity index (χ0v) is 15.2. The molecule has 0 saturated carbocycles. The molecule has 1 heterocycles. The number of carbonyl (C=O) groups is 1. The Labute approximate surface area is 147 Å². The Bertz CT molecular complexity index is 776. The molecular formula is C15H17BrN4O4. The SMILES string of the molecule is COc1cc(/C=N\NC(=O)c2nn(C)c(C)c2Br)cc(OC)c1O. The summed E-state index contributed by atoms with van der Waals surface area (Å²) in [7, 11) is 4.60. The molecule has 0 aliphatic carbocycles. The Morgan fingerprint density at radius 3 is 2.42 bits per heavy atom. The number of ether oxygens (including phenoxy) is 2. The average Bonchev–Trinajstić information content (AvgIpc) is 2.83. The van der Waals surface area contributed by atoms with Gasteiger partial charge in [0.15, 0.2) is 17.2 Å². The van der Waals surface area contributed by atoms with E-state index in [1.54, 1.807) is 23.9 Å². The minimum atomic E-state index is -0.445. The van der Waals surface area contributed by atoms with Crippen LogP contribution in [-0.4, -0.2) is 41.2 Å². The van der Waals surface area contributed by atoms with Gasteiger partial charge < -0.3 is 14.6 Å². The van der Waals surface area contributed by atoms with Gasteiger partial charge in [0.1, 0.15) is 0 Å². The Hall–Kier alpha value is -2.55. The van der Waals surface area contributed by atoms with Crippen molar-refractivity contribution >= 4 is 28.1 Å². The molecule has 0 aliphatic heterocycles. The quantitative estimate of drug-likeness (QED) is 0.594. The van der Waals surface area contributed by atoms with E-state index >= 15 is 0 Å². The van der Waals surface area contributed by atoms with E-state index in [9.17, 15) is 9.90 Å². The van der Waals surface area contributed by atoms with Crippen LogP contribution in [0.25, 0.3) is 0 Å². The lowest BCUT2D eigenvalue weighted by Gasteiger charge is -2.09. The van der Waals surface area contributed by atoms with Crippen LogP contribution in [0, 0.1) is 6.92 Å². The van der Waals surface area contributed by atoms with Crippen LogP contribution >= 0.6 is 15.9 Å². The van der Waals surface area contributed by atoms with Gasteiger partial charge in [0.05, 0.1) is 30.6 Å². The topological polar surface area (TPSA) is 98.0 Å². The van der Waals surface area contributed by atoms with Gasteiger partial charge in [-0.2, -0.15) is 10.2 Å². The highest BCUT2D eigenvalue weighted by Crippen LogP contribution is 2.36. The van der Waals surface area contributed by atoms with Gasteiger partial charge in [0.25, 0.3) is 5.91 Å². The van der Waals surface area contributed by atoms with Gasteiger partial charge in [0.2, 0.25) is 5.75 Å². The normalized spacial score (nSPS) is 10.9. The number of aryl methyl sites for hydroxylation is 1. The van der Waals surface area contributed by atoms with Crippen molar-refractivity contribution in [2.45, 2.75) is 6.92 Å². The molecule has 9 heteroatoms. The third-order valence-corrected chi connectivity index (χ3v) is 4.31. The first-order chi connectivity index (χ1) is 11.4. The first kappa shape index (κ1) is 17.8. The number of amides is 1. The first-order valence-corrected chi connectivity index (χ1v) is 7.65. The Morgan fingerprint density at radius 2 is 1.96 bits per heavy atom. The van der Waals surface area contributed by atoms with E-state index in [2.05, 4.69) is 31.6 Å². The van der Waals surface area contributed by atoms with Crippen LogP contribution in [-0.2, 0) is 7.05 Å². The smallest absolute Gasteiger partial charge is 0.293 e. The van der Waals surface area contributed by atoms with Gasteiger partial charge in [0, 0.05) is 12.6 Å². The number of benzene rings is 1. The molecule has 1 aromatic heterocycles. The number of aromatic nitrogens is 2. The maximum absolute atomic E-state index is 12.1. The molecule has 0 aliphatic rings. The molecule has 8 nitrogen and oxygen atoms in total. The van der Waals surface area contributed by atoms with Gasteiger partial charge in [-0.1, -0.05) is 0 Å². The number of phenols is 1. The van der Waals surface area contributed by atoms with Crippen LogP contribution in [0.2, 0.25) is 0 Å². The molecule has 2 aromatic rings. The van der Waals surface area contributed by atoms with Crippen LogP contribution < -0.4 is 14.9 Å². The second-order valence-corrected chi connectivity index (χ2v) is 5.64. The number of hydrogen-bond donors (Lipinski definition) is 2. The summed E-state index contributed by atoms with van der Waals surface area (Å²) < 4.78 is 12.3. The molecule has 2 N–H and O–H groups in total. The average molecular weight is 397 g/mol. The number of hydrogen-bond acceptors (Lipinski definition) is 6. The van der Waals surface area contributed by atoms with Gasteiger partial charge in [-0.3, -0.25) is 9.48 Å². The minimum absolute atomic E-state index is 0.103. The maximum Gasteiger partial charge on any atom is 0.293 e. The molecule has 0 fully saturated rings. The lowest BCUT2D eigenvalue weighted by Crippen LogP contribution is -2.19. The van der Waals surface area contributed by atoms with Gasteiger partial charge in [-0.15, -0.1) is 0 Å². The standard InChI is InChI=1S/C15H17BrN4O4/c1-8-12(16)13(19-20(8)2)15(22)18-17-7-9-5-10(23-3)14(21)11(6-9)24-4/h5-7,21H,1-4H3,(H,18,22)/b17-7-. The maximum atomic E-state index is 12.1. The second kappa shape index (κ2) is 7.35. The van der Waals surface area contributed by atoms with Crippen molar-refractivity contribution in [1.82, 2.24) is 15.2 Å². The highest BCUT2D eigenvalue weighted by molar-refractivity contribution is 9.10. The van der Waals surface area contributed by atoms with Crippen molar-refractivity contribution in [3.05, 3.63) is 33.6 Å². The fourth-order valence-electron chi connectivity index (χ4n) is 1.93. The summed E-state index contributed by atoms with van der Waals surface area (Å²) >= 11 is 3.33. The molecule has 2 rings (SSSR count). The minimum Gasteiger partial charge on any atom is -0.502 e. The van der Waals surface area contributed by atoms with Gasteiger partial charge in [-0.05, 0) is 35.0 Å². The van der Waals surface area contributed by atoms with E-state index in [-0.39, 0.29) is 22.9 Å². The predicted octanol–water partition coefficient (Wildman–Crippen LogP) is 1.98. The molecule has 0 unspecified atom stereocenters. The van der Waals surface area contributed by atoms with E-state index < -0.39 is 5.91 Å². The number of methoxy groups -OCH3 is 2. The van der Waals surface area contributed by atoms with E-state index in [0.717, 1.165) is 5.69 Å². The third-order valence-electron chi connectivity index (χ3n) is 3.36. The van der Waals surface area contributed by atoms with E-state index in [4.69, 9.17) is 9.47 Å². The summed E-state index contributed by atoms with van der Waals surface area (Å²) in [6.07, 6.45) is 1.41. The molecule has 0 saturated heterocycles. The number of hydrazone groups is 1. The van der Waals surface area contributed by atoms with Crippen molar-refractivity contribution in [2.75, 3.05) is 14.2 Å². The number of halogens is 1. The van der Waals surface area contributed by atoms with Crippen LogP contribution in [0.4, 0.5) is 0 Å². The van der Waals surface area contributed by atoms with Crippen LogP contribution in [0.5, 0.6) is 17.2 Å². The molecule has 1 amide bonds. The van der Waals surface area contributed by atoms with Crippen molar-refractivity contribution in [1.29, 1.82) is 0 Å². The Balaban J connectivity index is 2.17. The lowest BCUT2D eigenvalue weighted by molar-refractivity contribution is 0.0948. The highest BCUT2D eigenvalue weighted by Gasteiger charge is 2.17. The van der Waals surface area contributed by atoms with E-state index in [1.165, 1.54) is 20.4 Å². The van der Waals surface area contributed by atoms with Crippen LogP contribution in [0.3, 0.4) is 0 Å². The number of nitrogens with zero attached hydrogens (tertiary/aromatic N) is 3. The Morgan fingerprint density at radius 1 is 1.38 bits per heavy atom. The summed E-state index contributed by atoms with van der Waals surface area (Å²) in [5, 5.41) is 17.9. The summed E-state index contributed by atoms with van der Waals surface area (Å²) in [6.45, 7) is 1.84. The molecule has 128 valence electrons. The highest BCUT2D eigenvalue weighted by atomic mass is 79.9. The lowest BCUT2D eigenvalue weighted by atomic mass is 10.2. The summed E-state index contributed by atoms with van der Waals surface area (Å²) in [6, 6.07) is 3.13. The molecule has 0 spiro atoms. The fourth-order valence-corrected chi connectivity index (χ4v) is 2.45. The largest absolute Gasteiger partial charge is 0.502 e. The van der Waals surface area contributed by atoms with Crippen LogP contribution in [0.1, 0.15) is 21.7 Å². The summed E-state index contributed by atoms with van der Waals surface area (Å²) in [4.78, 5) is 12.1. The third kappa shape index (κ3) is 3.51. The van der Waals surface area contributed by atoms with Gasteiger partial charge in [-0.25, -0.2) is 5.43 Å². The molecule has 0 atom stereocenters. The monoisotopic (exact) mass is 396 g/mol. The number of aromatic hydroxyl groups is 1. The van der Waals surface area contributed by atoms with Crippen molar-refractivity contribution in [3.63, 3.8) is 0 Å². The van der Waals surface area contributed by atoms with E-state index in [0.29, 0.717) is 10.0 Å². The first-order valence-electron chi connectivity index (χ1n) is 6.86. The molecule has 1 aromatic carbocycles. The van der Waals surface area contributed by atoms with Gasteiger partial charge >= 0.3 is 0 Å². The second-order valence-electron chi connectivity index (χ2n) is 4.84. The molecular weight excluding hydrogens is 380 g/mol.